The molecule has 0 aromatic carbocycles. The van der Waals surface area contributed by atoms with E-state index in [4.69, 9.17) is 4.42 Å². The summed E-state index contributed by atoms with van der Waals surface area (Å²) in [5.74, 6) is 2.17. The van der Waals surface area contributed by atoms with Gasteiger partial charge in [0.05, 0.1) is 6.26 Å². The highest BCUT2D eigenvalue weighted by atomic mass is 32.2. The molecule has 100 valence electrons. The number of nitrogens with zero attached hydrogens (tertiary/aromatic N) is 1. The molecule has 1 unspecified atom stereocenters. The summed E-state index contributed by atoms with van der Waals surface area (Å²) in [6.07, 6.45) is 3.80. The van der Waals surface area contributed by atoms with Gasteiger partial charge >= 0.3 is 0 Å². The van der Waals surface area contributed by atoms with Crippen LogP contribution in [0.15, 0.2) is 27.8 Å². The van der Waals surface area contributed by atoms with E-state index < -0.39 is 0 Å². The van der Waals surface area contributed by atoms with Crippen LogP contribution >= 0.6 is 11.8 Å². The van der Waals surface area contributed by atoms with Gasteiger partial charge in [-0.25, -0.2) is 0 Å². The van der Waals surface area contributed by atoms with Crippen LogP contribution < -0.4 is 5.32 Å². The van der Waals surface area contributed by atoms with Crippen LogP contribution in [-0.2, 0) is 6.42 Å². The van der Waals surface area contributed by atoms with Gasteiger partial charge in [-0.1, -0.05) is 32.5 Å². The standard InChI is InChI=1S/C14H22N2OS/c1-14(2,3)12-7-10-18-13(16-12)15-8-6-11-5-4-9-17-11/h4-5,9,12H,6-8,10H2,1-3H3,(H,15,16). The second-order valence-electron chi connectivity index (χ2n) is 5.72. The minimum absolute atomic E-state index is 0.294. The summed E-state index contributed by atoms with van der Waals surface area (Å²) in [6, 6.07) is 4.45. The lowest BCUT2D eigenvalue weighted by atomic mass is 9.85. The fraction of sp³-hybridized carbons (Fsp3) is 0.643. The van der Waals surface area contributed by atoms with Gasteiger partial charge in [0.2, 0.25) is 0 Å². The highest BCUT2D eigenvalue weighted by Gasteiger charge is 2.28. The van der Waals surface area contributed by atoms with Gasteiger partial charge in [0.1, 0.15) is 5.76 Å². The monoisotopic (exact) mass is 266 g/mol. The molecule has 1 aromatic rings. The number of amidine groups is 1. The van der Waals surface area contributed by atoms with E-state index in [1.165, 1.54) is 6.42 Å². The molecule has 1 N–H and O–H groups in total. The lowest BCUT2D eigenvalue weighted by molar-refractivity contribution is 0.290. The van der Waals surface area contributed by atoms with E-state index in [1.807, 2.05) is 23.9 Å². The Morgan fingerprint density at radius 1 is 1.50 bits per heavy atom. The smallest absolute Gasteiger partial charge is 0.156 e. The molecule has 1 fully saturated rings. The van der Waals surface area contributed by atoms with Crippen LogP contribution in [0.2, 0.25) is 0 Å². The molecule has 1 aliphatic heterocycles. The molecule has 1 atom stereocenters. The molecular formula is C14H22N2OS. The summed E-state index contributed by atoms with van der Waals surface area (Å²) in [5.41, 5.74) is 0.294. The van der Waals surface area contributed by atoms with Gasteiger partial charge < -0.3 is 9.73 Å². The molecule has 1 saturated heterocycles. The average Bonchev–Trinajstić information content (AvgIpc) is 2.81. The number of furan rings is 1. The van der Waals surface area contributed by atoms with E-state index in [-0.39, 0.29) is 0 Å². The lowest BCUT2D eigenvalue weighted by Crippen LogP contribution is -2.46. The van der Waals surface area contributed by atoms with Gasteiger partial charge in [0.15, 0.2) is 5.17 Å². The van der Waals surface area contributed by atoms with Crippen molar-refractivity contribution in [1.29, 1.82) is 0 Å². The summed E-state index contributed by atoms with van der Waals surface area (Å²) in [7, 11) is 0. The minimum Gasteiger partial charge on any atom is -0.469 e. The predicted molar refractivity (Wildman–Crippen MR) is 78.2 cm³/mol. The van der Waals surface area contributed by atoms with E-state index in [9.17, 15) is 0 Å². The molecule has 4 heteroatoms. The van der Waals surface area contributed by atoms with E-state index in [0.717, 1.165) is 29.6 Å². The third-order valence-electron chi connectivity index (χ3n) is 3.18. The normalized spacial score (nSPS) is 23.1. The number of hydrogen-bond donors (Lipinski definition) is 1. The molecule has 2 rings (SSSR count). The maximum Gasteiger partial charge on any atom is 0.156 e. The number of aliphatic imine (C=N–C) groups is 1. The molecule has 1 aromatic heterocycles. The lowest BCUT2D eigenvalue weighted by Gasteiger charge is -2.35. The summed E-state index contributed by atoms with van der Waals surface area (Å²) in [4.78, 5) is 4.63. The van der Waals surface area contributed by atoms with E-state index in [2.05, 4.69) is 31.1 Å². The molecule has 0 aliphatic carbocycles. The Morgan fingerprint density at radius 3 is 3.00 bits per heavy atom. The Hall–Kier alpha value is -0.900. The average molecular weight is 266 g/mol. The van der Waals surface area contributed by atoms with Gasteiger partial charge in [-0.3, -0.25) is 4.99 Å². The topological polar surface area (TPSA) is 37.5 Å². The molecule has 3 nitrogen and oxygen atoms in total. The first-order chi connectivity index (χ1) is 8.55. The third kappa shape index (κ3) is 3.80. The first-order valence-corrected chi connectivity index (χ1v) is 7.50. The van der Waals surface area contributed by atoms with Crippen molar-refractivity contribution in [3.8, 4) is 0 Å². The first kappa shape index (κ1) is 13.5. The summed E-state index contributed by atoms with van der Waals surface area (Å²) in [6.45, 7) is 7.63. The van der Waals surface area contributed by atoms with Gasteiger partial charge in [0, 0.05) is 24.8 Å². The third-order valence-corrected chi connectivity index (χ3v) is 4.14. The Labute approximate surface area is 113 Å². The van der Waals surface area contributed by atoms with Crippen molar-refractivity contribution in [2.24, 2.45) is 10.4 Å². The quantitative estimate of drug-likeness (QED) is 0.912. The second kappa shape index (κ2) is 5.83. The summed E-state index contributed by atoms with van der Waals surface area (Å²) >= 11 is 1.83. The molecule has 0 radical (unpaired) electrons. The van der Waals surface area contributed by atoms with Crippen LogP contribution in [0.1, 0.15) is 33.0 Å². The maximum atomic E-state index is 5.30. The van der Waals surface area contributed by atoms with Crippen molar-refractivity contribution in [2.45, 2.75) is 39.7 Å². The van der Waals surface area contributed by atoms with Gasteiger partial charge in [-0.15, -0.1) is 0 Å². The Kier molecular flexibility index (Phi) is 4.38. The number of hydrogen-bond acceptors (Lipinski definition) is 3. The van der Waals surface area contributed by atoms with Crippen molar-refractivity contribution in [2.75, 3.05) is 12.3 Å². The van der Waals surface area contributed by atoms with Crippen LogP contribution in [0.5, 0.6) is 0 Å². The number of thioether (sulfide) groups is 1. The zero-order valence-corrected chi connectivity index (χ0v) is 12.2. The van der Waals surface area contributed by atoms with Crippen molar-refractivity contribution >= 4 is 16.9 Å². The van der Waals surface area contributed by atoms with Crippen LogP contribution in [0.3, 0.4) is 0 Å². The Bertz CT molecular complexity index is 392. The Balaban J connectivity index is 1.85. The molecule has 1 aliphatic rings. The van der Waals surface area contributed by atoms with Crippen molar-refractivity contribution in [3.05, 3.63) is 24.2 Å². The van der Waals surface area contributed by atoms with Crippen LogP contribution in [0.25, 0.3) is 0 Å². The molecule has 0 amide bonds. The van der Waals surface area contributed by atoms with Crippen molar-refractivity contribution in [1.82, 2.24) is 5.32 Å². The van der Waals surface area contributed by atoms with E-state index in [1.54, 1.807) is 6.26 Å². The van der Waals surface area contributed by atoms with Gasteiger partial charge in [-0.05, 0) is 24.0 Å². The SMILES string of the molecule is CC(C)(C)C1CCSC(=NCCc2ccco2)N1. The number of rotatable bonds is 3. The zero-order chi connectivity index (χ0) is 13.0. The van der Waals surface area contributed by atoms with Gasteiger partial charge in [0.25, 0.3) is 0 Å². The Morgan fingerprint density at radius 2 is 2.33 bits per heavy atom. The van der Waals surface area contributed by atoms with Crippen LogP contribution in [0, 0.1) is 5.41 Å². The van der Waals surface area contributed by atoms with Crippen molar-refractivity contribution < 1.29 is 4.42 Å². The summed E-state index contributed by atoms with van der Waals surface area (Å²) in [5, 5.41) is 4.65. The number of nitrogens with one attached hydrogen (secondary N) is 1. The molecule has 0 spiro atoms. The fourth-order valence-corrected chi connectivity index (χ4v) is 2.95. The second-order valence-corrected chi connectivity index (χ2v) is 6.80. The largest absolute Gasteiger partial charge is 0.469 e. The van der Waals surface area contributed by atoms with Crippen molar-refractivity contribution in [3.63, 3.8) is 0 Å². The highest BCUT2D eigenvalue weighted by Crippen LogP contribution is 2.27. The minimum atomic E-state index is 0.294. The zero-order valence-electron chi connectivity index (χ0n) is 11.4. The molecule has 0 saturated carbocycles. The highest BCUT2D eigenvalue weighted by molar-refractivity contribution is 8.13. The maximum absolute atomic E-state index is 5.30. The van der Waals surface area contributed by atoms with E-state index in [0.29, 0.717) is 11.5 Å². The predicted octanol–water partition coefficient (Wildman–Crippen LogP) is 3.32. The first-order valence-electron chi connectivity index (χ1n) is 6.52. The van der Waals surface area contributed by atoms with Gasteiger partial charge in [-0.2, -0.15) is 0 Å². The molecular weight excluding hydrogens is 244 g/mol. The van der Waals surface area contributed by atoms with Crippen LogP contribution in [-0.4, -0.2) is 23.5 Å². The molecule has 18 heavy (non-hydrogen) atoms. The fourth-order valence-electron chi connectivity index (χ4n) is 2.00. The van der Waals surface area contributed by atoms with Crippen LogP contribution in [0.4, 0.5) is 0 Å². The van der Waals surface area contributed by atoms with E-state index >= 15 is 0 Å². The summed E-state index contributed by atoms with van der Waals surface area (Å²) < 4.78 is 5.30. The molecule has 2 heterocycles. The molecule has 0 bridgehead atoms.